The zero-order valence-electron chi connectivity index (χ0n) is 6.84. The molecule has 3 nitrogen and oxygen atoms in total. The van der Waals surface area contributed by atoms with Crippen LogP contribution in [0.2, 0.25) is 0 Å². The van der Waals surface area contributed by atoms with Crippen LogP contribution < -0.4 is 0 Å². The van der Waals surface area contributed by atoms with Gasteiger partial charge in [0.15, 0.2) is 5.78 Å². The number of aromatic hydroxyl groups is 1. The Morgan fingerprint density at radius 2 is 2.23 bits per heavy atom. The van der Waals surface area contributed by atoms with E-state index in [0.29, 0.717) is 10.0 Å². The number of carbonyl (C=O) groups is 1. The molecule has 0 aromatic heterocycles. The lowest BCUT2D eigenvalue weighted by Crippen LogP contribution is -1.95. The van der Waals surface area contributed by atoms with Crippen LogP contribution in [-0.2, 0) is 0 Å². The van der Waals surface area contributed by atoms with Crippen LogP contribution in [0.5, 0.6) is 5.75 Å². The molecule has 0 unspecified atom stereocenters. The van der Waals surface area contributed by atoms with E-state index in [1.807, 2.05) is 6.07 Å². The minimum absolute atomic E-state index is 0.0905. The number of Topliss-reactive ketones (excluding diaryl/α,β-unsaturated/α-hetero) is 1. The summed E-state index contributed by atoms with van der Waals surface area (Å²) < 4.78 is 0.350. The van der Waals surface area contributed by atoms with E-state index in [-0.39, 0.29) is 17.1 Å². The van der Waals surface area contributed by atoms with Crippen LogP contribution in [0.3, 0.4) is 0 Å². The Kier molecular flexibility index (Phi) is 2.69. The third-order valence-electron chi connectivity index (χ3n) is 1.61. The standard InChI is InChI=1S/C9H6BrNO2/c1-5(12)6-2-3-8(13)7(4-11)9(6)10/h2-3,13H,1H3. The number of phenolic OH excluding ortho intramolecular Hbond substituents is 1. The number of carbonyl (C=O) groups excluding carboxylic acids is 1. The summed E-state index contributed by atoms with van der Waals surface area (Å²) in [6.07, 6.45) is 0. The summed E-state index contributed by atoms with van der Waals surface area (Å²) in [6, 6.07) is 4.62. The summed E-state index contributed by atoms with van der Waals surface area (Å²) in [7, 11) is 0. The first-order valence-electron chi connectivity index (χ1n) is 3.50. The van der Waals surface area contributed by atoms with Gasteiger partial charge in [-0.05, 0) is 35.0 Å². The van der Waals surface area contributed by atoms with Crippen molar-refractivity contribution in [1.82, 2.24) is 0 Å². The van der Waals surface area contributed by atoms with Crippen LogP contribution in [0.4, 0.5) is 0 Å². The maximum absolute atomic E-state index is 11.0. The van der Waals surface area contributed by atoms with E-state index < -0.39 is 0 Å². The zero-order valence-corrected chi connectivity index (χ0v) is 8.42. The highest BCUT2D eigenvalue weighted by Gasteiger charge is 2.12. The molecule has 4 heteroatoms. The van der Waals surface area contributed by atoms with Gasteiger partial charge in [-0.25, -0.2) is 0 Å². The highest BCUT2D eigenvalue weighted by molar-refractivity contribution is 9.10. The molecule has 0 saturated heterocycles. The monoisotopic (exact) mass is 239 g/mol. The Hall–Kier alpha value is -1.34. The minimum atomic E-state index is -0.150. The minimum Gasteiger partial charge on any atom is -0.507 e. The lowest BCUT2D eigenvalue weighted by atomic mass is 10.1. The predicted octanol–water partition coefficient (Wildman–Crippen LogP) is 2.23. The summed E-state index contributed by atoms with van der Waals surface area (Å²) in [5.41, 5.74) is 0.488. The first-order valence-corrected chi connectivity index (χ1v) is 4.29. The SMILES string of the molecule is CC(=O)c1ccc(O)c(C#N)c1Br. The van der Waals surface area contributed by atoms with Gasteiger partial charge < -0.3 is 5.11 Å². The summed E-state index contributed by atoms with van der Waals surface area (Å²) in [5.74, 6) is -0.275. The molecule has 0 saturated carbocycles. The molecule has 0 radical (unpaired) electrons. The number of rotatable bonds is 1. The second kappa shape index (κ2) is 3.58. The maximum Gasteiger partial charge on any atom is 0.160 e. The lowest BCUT2D eigenvalue weighted by molar-refractivity contribution is 0.101. The summed E-state index contributed by atoms with van der Waals surface area (Å²) in [6.45, 7) is 1.40. The molecule has 1 aromatic carbocycles. The first kappa shape index (κ1) is 9.75. The van der Waals surface area contributed by atoms with E-state index in [1.54, 1.807) is 0 Å². The number of benzene rings is 1. The number of nitrogens with zero attached hydrogens (tertiary/aromatic N) is 1. The number of hydrogen-bond acceptors (Lipinski definition) is 3. The summed E-state index contributed by atoms with van der Waals surface area (Å²) in [4.78, 5) is 11.0. The number of hydrogen-bond donors (Lipinski definition) is 1. The van der Waals surface area contributed by atoms with Gasteiger partial charge in [-0.1, -0.05) is 0 Å². The van der Waals surface area contributed by atoms with E-state index in [4.69, 9.17) is 5.26 Å². The van der Waals surface area contributed by atoms with Crippen molar-refractivity contribution < 1.29 is 9.90 Å². The van der Waals surface area contributed by atoms with Crippen molar-refractivity contribution in [3.8, 4) is 11.8 Å². The summed E-state index contributed by atoms with van der Waals surface area (Å²) >= 11 is 3.09. The Labute approximate surface area is 83.7 Å². The highest BCUT2D eigenvalue weighted by Crippen LogP contribution is 2.28. The first-order chi connectivity index (χ1) is 6.07. The van der Waals surface area contributed by atoms with Crippen molar-refractivity contribution in [1.29, 1.82) is 5.26 Å². The Morgan fingerprint density at radius 1 is 1.62 bits per heavy atom. The molecule has 66 valence electrons. The zero-order chi connectivity index (χ0) is 10.0. The Bertz CT molecular complexity index is 407. The molecule has 0 atom stereocenters. The van der Waals surface area contributed by atoms with Crippen LogP contribution in [-0.4, -0.2) is 10.9 Å². The van der Waals surface area contributed by atoms with Gasteiger partial charge in [-0.3, -0.25) is 4.79 Å². The van der Waals surface area contributed by atoms with E-state index in [2.05, 4.69) is 15.9 Å². The molecule has 0 amide bonds. The molecule has 0 spiro atoms. The highest BCUT2D eigenvalue weighted by atomic mass is 79.9. The van der Waals surface area contributed by atoms with Crippen molar-refractivity contribution in [3.05, 3.63) is 27.7 Å². The Balaban J connectivity index is 3.47. The maximum atomic E-state index is 11.0. The van der Waals surface area contributed by atoms with Gasteiger partial charge in [0.2, 0.25) is 0 Å². The topological polar surface area (TPSA) is 61.1 Å². The van der Waals surface area contributed by atoms with Gasteiger partial charge >= 0.3 is 0 Å². The third-order valence-corrected chi connectivity index (χ3v) is 2.43. The molecule has 0 heterocycles. The fraction of sp³-hybridized carbons (Fsp3) is 0.111. The van der Waals surface area contributed by atoms with Crippen molar-refractivity contribution >= 4 is 21.7 Å². The molecular weight excluding hydrogens is 234 g/mol. The van der Waals surface area contributed by atoms with Crippen molar-refractivity contribution in [3.63, 3.8) is 0 Å². The third kappa shape index (κ3) is 1.70. The van der Waals surface area contributed by atoms with Crippen LogP contribution in [0.1, 0.15) is 22.8 Å². The van der Waals surface area contributed by atoms with Gasteiger partial charge in [-0.15, -0.1) is 0 Å². The summed E-state index contributed by atoms with van der Waals surface area (Å²) in [5, 5.41) is 17.9. The van der Waals surface area contributed by atoms with Crippen molar-refractivity contribution in [2.75, 3.05) is 0 Å². The molecule has 1 N–H and O–H groups in total. The van der Waals surface area contributed by atoms with Crippen LogP contribution >= 0.6 is 15.9 Å². The average molecular weight is 240 g/mol. The van der Waals surface area contributed by atoms with Crippen LogP contribution in [0.25, 0.3) is 0 Å². The number of phenols is 1. The number of halogens is 1. The van der Waals surface area contributed by atoms with Gasteiger partial charge in [-0.2, -0.15) is 5.26 Å². The van der Waals surface area contributed by atoms with E-state index in [1.165, 1.54) is 19.1 Å². The second-order valence-corrected chi connectivity index (χ2v) is 3.28. The van der Waals surface area contributed by atoms with Crippen molar-refractivity contribution in [2.24, 2.45) is 0 Å². The number of ketones is 1. The largest absolute Gasteiger partial charge is 0.507 e. The fourth-order valence-corrected chi connectivity index (χ4v) is 1.65. The van der Waals surface area contributed by atoms with Crippen LogP contribution in [0, 0.1) is 11.3 Å². The quantitative estimate of drug-likeness (QED) is 0.765. The van der Waals surface area contributed by atoms with Gasteiger partial charge in [0.1, 0.15) is 17.4 Å². The molecule has 0 aliphatic heterocycles. The molecule has 13 heavy (non-hydrogen) atoms. The van der Waals surface area contributed by atoms with E-state index in [9.17, 15) is 9.90 Å². The van der Waals surface area contributed by atoms with Crippen molar-refractivity contribution in [2.45, 2.75) is 6.92 Å². The molecule has 0 bridgehead atoms. The lowest BCUT2D eigenvalue weighted by Gasteiger charge is -2.03. The molecule has 0 aliphatic carbocycles. The molecule has 1 aromatic rings. The smallest absolute Gasteiger partial charge is 0.160 e. The van der Waals surface area contributed by atoms with E-state index >= 15 is 0 Å². The van der Waals surface area contributed by atoms with Crippen LogP contribution in [0.15, 0.2) is 16.6 Å². The van der Waals surface area contributed by atoms with Gasteiger partial charge in [0.25, 0.3) is 0 Å². The molecule has 0 fully saturated rings. The van der Waals surface area contributed by atoms with E-state index in [0.717, 1.165) is 0 Å². The molecule has 0 aliphatic rings. The molecule has 1 rings (SSSR count). The molecular formula is C9H6BrNO2. The second-order valence-electron chi connectivity index (χ2n) is 2.49. The fourth-order valence-electron chi connectivity index (χ4n) is 0.944. The Morgan fingerprint density at radius 3 is 2.69 bits per heavy atom. The van der Waals surface area contributed by atoms with Gasteiger partial charge in [0, 0.05) is 10.0 Å². The number of nitriles is 1. The normalized spacial score (nSPS) is 9.31. The van der Waals surface area contributed by atoms with Gasteiger partial charge in [0.05, 0.1) is 0 Å². The predicted molar refractivity (Wildman–Crippen MR) is 50.5 cm³/mol. The average Bonchev–Trinajstić information content (AvgIpc) is 2.04.